The van der Waals surface area contributed by atoms with Crippen molar-refractivity contribution in [2.75, 3.05) is 13.1 Å². The molecule has 4 heteroatoms. The Morgan fingerprint density at radius 2 is 2.50 bits per heavy atom. The molecule has 2 rings (SSSR count). The van der Waals surface area contributed by atoms with Crippen molar-refractivity contribution in [1.29, 1.82) is 0 Å². The van der Waals surface area contributed by atoms with Crippen LogP contribution in [0.1, 0.15) is 18.5 Å². The monoisotopic (exact) mass is 193 g/mol. The minimum absolute atomic E-state index is 0.339. The average Bonchev–Trinajstić information content (AvgIpc) is 2.29. The summed E-state index contributed by atoms with van der Waals surface area (Å²) in [4.78, 5) is 8.15. The Balaban J connectivity index is 1.76. The van der Waals surface area contributed by atoms with Crippen LogP contribution in [0, 0.1) is 0 Å². The number of nitrogens with one attached hydrogen (secondary N) is 1. The molecule has 0 radical (unpaired) electrons. The van der Waals surface area contributed by atoms with E-state index in [-0.39, 0.29) is 0 Å². The van der Waals surface area contributed by atoms with Crippen LogP contribution in [0.4, 0.5) is 0 Å². The Bertz CT molecular complexity index is 259. The Morgan fingerprint density at radius 1 is 1.50 bits per heavy atom. The van der Waals surface area contributed by atoms with Crippen molar-refractivity contribution in [2.24, 2.45) is 0 Å². The SMILES string of the molecule is c1cnc(COC2CCCNC2)cn1. The van der Waals surface area contributed by atoms with E-state index in [4.69, 9.17) is 4.74 Å². The minimum Gasteiger partial charge on any atom is -0.371 e. The van der Waals surface area contributed by atoms with Crippen LogP contribution >= 0.6 is 0 Å². The summed E-state index contributed by atoms with van der Waals surface area (Å²) in [5.41, 5.74) is 0.901. The van der Waals surface area contributed by atoms with Crippen molar-refractivity contribution >= 4 is 0 Å². The van der Waals surface area contributed by atoms with E-state index in [0.29, 0.717) is 12.7 Å². The zero-order chi connectivity index (χ0) is 9.64. The fraction of sp³-hybridized carbons (Fsp3) is 0.600. The number of rotatable bonds is 3. The second-order valence-electron chi connectivity index (χ2n) is 3.48. The lowest BCUT2D eigenvalue weighted by Gasteiger charge is -2.22. The zero-order valence-electron chi connectivity index (χ0n) is 8.15. The lowest BCUT2D eigenvalue weighted by atomic mass is 10.1. The van der Waals surface area contributed by atoms with Crippen molar-refractivity contribution in [3.8, 4) is 0 Å². The average molecular weight is 193 g/mol. The van der Waals surface area contributed by atoms with Gasteiger partial charge in [-0.1, -0.05) is 0 Å². The third-order valence-electron chi connectivity index (χ3n) is 2.34. The van der Waals surface area contributed by atoms with E-state index in [1.165, 1.54) is 6.42 Å². The minimum atomic E-state index is 0.339. The number of aromatic nitrogens is 2. The summed E-state index contributed by atoms with van der Waals surface area (Å²) < 4.78 is 5.70. The Hall–Kier alpha value is -1.00. The number of ether oxygens (including phenoxy) is 1. The quantitative estimate of drug-likeness (QED) is 0.769. The lowest BCUT2D eigenvalue weighted by molar-refractivity contribution is 0.0235. The van der Waals surface area contributed by atoms with Gasteiger partial charge in [-0.3, -0.25) is 9.97 Å². The van der Waals surface area contributed by atoms with Crippen LogP contribution in [0.5, 0.6) is 0 Å². The van der Waals surface area contributed by atoms with Crippen LogP contribution < -0.4 is 5.32 Å². The van der Waals surface area contributed by atoms with Crippen molar-refractivity contribution in [1.82, 2.24) is 15.3 Å². The molecule has 1 aliphatic heterocycles. The molecule has 1 fully saturated rings. The fourth-order valence-electron chi connectivity index (χ4n) is 1.57. The molecule has 0 amide bonds. The van der Waals surface area contributed by atoms with E-state index in [0.717, 1.165) is 25.2 Å². The molecule has 1 aromatic heterocycles. The molecule has 0 aliphatic carbocycles. The van der Waals surface area contributed by atoms with Crippen LogP contribution in [0.25, 0.3) is 0 Å². The van der Waals surface area contributed by atoms with Crippen LogP contribution in [0.2, 0.25) is 0 Å². The molecule has 14 heavy (non-hydrogen) atoms. The van der Waals surface area contributed by atoms with Gasteiger partial charge in [0.15, 0.2) is 0 Å². The summed E-state index contributed by atoms with van der Waals surface area (Å²) in [7, 11) is 0. The van der Waals surface area contributed by atoms with Crippen molar-refractivity contribution < 1.29 is 4.74 Å². The maximum absolute atomic E-state index is 5.70. The van der Waals surface area contributed by atoms with Crippen LogP contribution in [-0.4, -0.2) is 29.2 Å². The molecule has 4 nitrogen and oxygen atoms in total. The van der Waals surface area contributed by atoms with E-state index in [1.807, 2.05) is 0 Å². The summed E-state index contributed by atoms with van der Waals surface area (Å²) in [6.45, 7) is 2.64. The van der Waals surface area contributed by atoms with Gasteiger partial charge < -0.3 is 10.1 Å². The Kier molecular flexibility index (Phi) is 3.43. The van der Waals surface area contributed by atoms with Gasteiger partial charge in [0, 0.05) is 18.9 Å². The van der Waals surface area contributed by atoms with Crippen molar-refractivity contribution in [2.45, 2.75) is 25.6 Å². The summed E-state index contributed by atoms with van der Waals surface area (Å²) >= 11 is 0. The molecule has 2 heterocycles. The molecule has 1 saturated heterocycles. The first-order valence-electron chi connectivity index (χ1n) is 5.02. The molecule has 0 saturated carbocycles. The molecule has 0 bridgehead atoms. The van der Waals surface area contributed by atoms with Gasteiger partial charge in [0.1, 0.15) is 0 Å². The Morgan fingerprint density at radius 3 is 3.21 bits per heavy atom. The zero-order valence-corrected chi connectivity index (χ0v) is 8.15. The highest BCUT2D eigenvalue weighted by molar-refractivity contribution is 4.92. The van der Waals surface area contributed by atoms with Crippen molar-refractivity contribution in [3.05, 3.63) is 24.3 Å². The molecule has 1 aromatic rings. The standard InChI is InChI=1S/C10H15N3O/c1-2-10(7-11-3-1)14-8-9-6-12-4-5-13-9/h4-6,10-11H,1-3,7-8H2. The van der Waals surface area contributed by atoms with Crippen LogP contribution in [-0.2, 0) is 11.3 Å². The number of nitrogens with zero attached hydrogens (tertiary/aromatic N) is 2. The molecule has 0 aromatic carbocycles. The number of piperidine rings is 1. The summed E-state index contributed by atoms with van der Waals surface area (Å²) in [6, 6.07) is 0. The van der Waals surface area contributed by atoms with Gasteiger partial charge in [-0.15, -0.1) is 0 Å². The van der Waals surface area contributed by atoms with Crippen LogP contribution in [0.15, 0.2) is 18.6 Å². The molecule has 1 aliphatic rings. The predicted molar refractivity (Wildman–Crippen MR) is 52.7 cm³/mol. The molecule has 0 spiro atoms. The number of hydrogen-bond donors (Lipinski definition) is 1. The van der Waals surface area contributed by atoms with Crippen LogP contribution in [0.3, 0.4) is 0 Å². The summed E-state index contributed by atoms with van der Waals surface area (Å²) in [5, 5.41) is 3.31. The van der Waals surface area contributed by atoms with Gasteiger partial charge in [-0.05, 0) is 19.4 Å². The topological polar surface area (TPSA) is 47.0 Å². The third kappa shape index (κ3) is 2.75. The fourth-order valence-corrected chi connectivity index (χ4v) is 1.57. The van der Waals surface area contributed by atoms with Gasteiger partial charge >= 0.3 is 0 Å². The van der Waals surface area contributed by atoms with E-state index < -0.39 is 0 Å². The maximum Gasteiger partial charge on any atom is 0.0907 e. The molecule has 1 N–H and O–H groups in total. The van der Waals surface area contributed by atoms with Gasteiger partial charge in [-0.25, -0.2) is 0 Å². The van der Waals surface area contributed by atoms with E-state index >= 15 is 0 Å². The van der Waals surface area contributed by atoms with E-state index in [9.17, 15) is 0 Å². The first-order valence-corrected chi connectivity index (χ1v) is 5.02. The second kappa shape index (κ2) is 5.02. The summed E-state index contributed by atoms with van der Waals surface area (Å²) in [6.07, 6.45) is 7.80. The highest BCUT2D eigenvalue weighted by Crippen LogP contribution is 2.07. The molecular weight excluding hydrogens is 178 g/mol. The first-order chi connectivity index (χ1) is 6.95. The molecule has 1 unspecified atom stereocenters. The maximum atomic E-state index is 5.70. The molecular formula is C10H15N3O. The van der Waals surface area contributed by atoms with Crippen molar-refractivity contribution in [3.63, 3.8) is 0 Å². The van der Waals surface area contributed by atoms with Gasteiger partial charge in [0.25, 0.3) is 0 Å². The number of hydrogen-bond acceptors (Lipinski definition) is 4. The predicted octanol–water partition coefficient (Wildman–Crippen LogP) is 0.745. The second-order valence-corrected chi connectivity index (χ2v) is 3.48. The first kappa shape index (κ1) is 9.55. The Labute approximate surface area is 83.7 Å². The smallest absolute Gasteiger partial charge is 0.0907 e. The largest absolute Gasteiger partial charge is 0.371 e. The summed E-state index contributed by atoms with van der Waals surface area (Å²) in [5.74, 6) is 0. The van der Waals surface area contributed by atoms with Gasteiger partial charge in [0.2, 0.25) is 0 Å². The highest BCUT2D eigenvalue weighted by Gasteiger charge is 2.12. The van der Waals surface area contributed by atoms with E-state index in [2.05, 4.69) is 15.3 Å². The third-order valence-corrected chi connectivity index (χ3v) is 2.34. The van der Waals surface area contributed by atoms with E-state index in [1.54, 1.807) is 18.6 Å². The van der Waals surface area contributed by atoms with Gasteiger partial charge in [-0.2, -0.15) is 0 Å². The van der Waals surface area contributed by atoms with Gasteiger partial charge in [0.05, 0.1) is 24.6 Å². The normalized spacial score (nSPS) is 22.1. The lowest BCUT2D eigenvalue weighted by Crippen LogP contribution is -2.35. The molecule has 1 atom stereocenters. The highest BCUT2D eigenvalue weighted by atomic mass is 16.5. The molecule has 76 valence electrons.